The number of nitrogens with zero attached hydrogens (tertiary/aromatic N) is 2. The molecule has 0 radical (unpaired) electrons. The van der Waals surface area contributed by atoms with Gasteiger partial charge in [-0.15, -0.1) is 0 Å². The average molecular weight is 241 g/mol. The Kier molecular flexibility index (Phi) is 4.32. The van der Waals surface area contributed by atoms with Crippen LogP contribution < -0.4 is 16.8 Å². The molecule has 0 unspecified atom stereocenters. The van der Waals surface area contributed by atoms with Gasteiger partial charge in [-0.05, 0) is 6.92 Å². The lowest BCUT2D eigenvalue weighted by molar-refractivity contribution is 0.0932. The van der Waals surface area contributed by atoms with Crippen LogP contribution in [0.2, 0.25) is 0 Å². The standard InChI is InChI=1S/C9H15N5O3/c1-2-14-5-6(10)7(13-14)8(15)12-3-4-17-9(11)16/h5H,2-4,10H2,1H3,(H2,11,16)(H,12,15). The minimum absolute atomic E-state index is 0.00939. The zero-order valence-electron chi connectivity index (χ0n) is 9.47. The molecule has 0 fully saturated rings. The van der Waals surface area contributed by atoms with E-state index in [1.165, 1.54) is 0 Å². The lowest BCUT2D eigenvalue weighted by Crippen LogP contribution is -2.29. The highest BCUT2D eigenvalue weighted by Gasteiger charge is 2.13. The summed E-state index contributed by atoms with van der Waals surface area (Å²) in [5.41, 5.74) is 10.8. The molecule has 17 heavy (non-hydrogen) atoms. The molecule has 8 heteroatoms. The van der Waals surface area contributed by atoms with Gasteiger partial charge in [0.25, 0.3) is 5.91 Å². The van der Waals surface area contributed by atoms with E-state index in [-0.39, 0.29) is 18.8 Å². The fraction of sp³-hybridized carbons (Fsp3) is 0.444. The molecule has 8 nitrogen and oxygen atoms in total. The molecule has 1 aromatic rings. The number of amides is 2. The third-order valence-electron chi connectivity index (χ3n) is 1.96. The molecule has 2 amide bonds. The SMILES string of the molecule is CCn1cc(N)c(C(=O)NCCOC(N)=O)n1. The fourth-order valence-electron chi connectivity index (χ4n) is 1.18. The van der Waals surface area contributed by atoms with Crippen LogP contribution in [0.25, 0.3) is 0 Å². The molecule has 0 bridgehead atoms. The number of rotatable bonds is 5. The monoisotopic (exact) mass is 241 g/mol. The second-order valence-electron chi connectivity index (χ2n) is 3.21. The van der Waals surface area contributed by atoms with Gasteiger partial charge in [0.2, 0.25) is 0 Å². The highest BCUT2D eigenvalue weighted by molar-refractivity contribution is 5.96. The Morgan fingerprint density at radius 1 is 1.59 bits per heavy atom. The summed E-state index contributed by atoms with van der Waals surface area (Å²) in [6.45, 7) is 2.67. The number of aromatic nitrogens is 2. The number of hydrogen-bond acceptors (Lipinski definition) is 5. The Morgan fingerprint density at radius 2 is 2.29 bits per heavy atom. The number of aryl methyl sites for hydroxylation is 1. The number of hydrogen-bond donors (Lipinski definition) is 3. The van der Waals surface area contributed by atoms with Crippen LogP contribution in [-0.4, -0.2) is 34.9 Å². The summed E-state index contributed by atoms with van der Waals surface area (Å²) in [6.07, 6.45) is 0.698. The molecule has 0 spiro atoms. The van der Waals surface area contributed by atoms with E-state index in [1.807, 2.05) is 6.92 Å². The van der Waals surface area contributed by atoms with E-state index < -0.39 is 12.0 Å². The molecule has 1 heterocycles. The number of nitrogens with two attached hydrogens (primary N) is 2. The van der Waals surface area contributed by atoms with Crippen LogP contribution in [0.5, 0.6) is 0 Å². The number of ether oxygens (including phenoxy) is 1. The summed E-state index contributed by atoms with van der Waals surface area (Å²) in [5.74, 6) is -0.414. The predicted molar refractivity (Wildman–Crippen MR) is 60.2 cm³/mol. The average Bonchev–Trinajstić information content (AvgIpc) is 2.65. The van der Waals surface area contributed by atoms with E-state index in [9.17, 15) is 9.59 Å². The van der Waals surface area contributed by atoms with Gasteiger partial charge >= 0.3 is 6.09 Å². The van der Waals surface area contributed by atoms with Crippen LogP contribution in [0, 0.1) is 0 Å². The zero-order valence-corrected chi connectivity index (χ0v) is 9.47. The van der Waals surface area contributed by atoms with E-state index >= 15 is 0 Å². The molecule has 0 aromatic carbocycles. The van der Waals surface area contributed by atoms with Gasteiger partial charge in [-0.2, -0.15) is 5.10 Å². The Hall–Kier alpha value is -2.25. The first-order chi connectivity index (χ1) is 8.04. The molecule has 0 aliphatic rings. The van der Waals surface area contributed by atoms with Gasteiger partial charge in [-0.3, -0.25) is 9.48 Å². The second kappa shape index (κ2) is 5.73. The minimum Gasteiger partial charge on any atom is -0.448 e. The lowest BCUT2D eigenvalue weighted by Gasteiger charge is -2.03. The van der Waals surface area contributed by atoms with Gasteiger partial charge in [0.05, 0.1) is 12.2 Å². The van der Waals surface area contributed by atoms with Crippen molar-refractivity contribution in [1.82, 2.24) is 15.1 Å². The van der Waals surface area contributed by atoms with Crippen LogP contribution in [0.4, 0.5) is 10.5 Å². The van der Waals surface area contributed by atoms with Crippen molar-refractivity contribution in [3.63, 3.8) is 0 Å². The Morgan fingerprint density at radius 3 is 2.82 bits per heavy atom. The van der Waals surface area contributed by atoms with Gasteiger partial charge in [0.15, 0.2) is 5.69 Å². The maximum atomic E-state index is 11.6. The predicted octanol–water partition coefficient (Wildman–Crippen LogP) is -0.690. The van der Waals surface area contributed by atoms with Gasteiger partial charge in [-0.1, -0.05) is 0 Å². The normalized spacial score (nSPS) is 9.94. The van der Waals surface area contributed by atoms with Gasteiger partial charge in [-0.25, -0.2) is 4.79 Å². The quantitative estimate of drug-likeness (QED) is 0.588. The largest absolute Gasteiger partial charge is 0.448 e. The number of nitrogens with one attached hydrogen (secondary N) is 1. The summed E-state index contributed by atoms with van der Waals surface area (Å²) < 4.78 is 6.01. The highest BCUT2D eigenvalue weighted by atomic mass is 16.5. The third-order valence-corrected chi connectivity index (χ3v) is 1.96. The van der Waals surface area contributed by atoms with E-state index in [0.717, 1.165) is 0 Å². The number of carbonyl (C=O) groups excluding carboxylic acids is 2. The topological polar surface area (TPSA) is 125 Å². The van der Waals surface area contributed by atoms with Crippen LogP contribution in [-0.2, 0) is 11.3 Å². The van der Waals surface area contributed by atoms with Crippen molar-refractivity contribution >= 4 is 17.7 Å². The molecular weight excluding hydrogens is 226 g/mol. The molecule has 0 aliphatic carbocycles. The number of anilines is 1. The lowest BCUT2D eigenvalue weighted by atomic mass is 10.3. The molecular formula is C9H15N5O3. The van der Waals surface area contributed by atoms with Crippen molar-refractivity contribution in [2.45, 2.75) is 13.5 Å². The second-order valence-corrected chi connectivity index (χ2v) is 3.21. The molecule has 1 aromatic heterocycles. The zero-order chi connectivity index (χ0) is 12.8. The molecule has 94 valence electrons. The molecule has 0 saturated heterocycles. The summed E-state index contributed by atoms with van der Waals surface area (Å²) in [7, 11) is 0. The van der Waals surface area contributed by atoms with Crippen molar-refractivity contribution in [3.8, 4) is 0 Å². The van der Waals surface area contributed by atoms with Crippen molar-refractivity contribution in [2.24, 2.45) is 5.73 Å². The van der Waals surface area contributed by atoms with E-state index in [4.69, 9.17) is 11.5 Å². The summed E-state index contributed by atoms with van der Waals surface area (Å²) in [4.78, 5) is 21.9. The fourth-order valence-corrected chi connectivity index (χ4v) is 1.18. The van der Waals surface area contributed by atoms with Crippen LogP contribution in [0.15, 0.2) is 6.20 Å². The molecule has 0 aliphatic heterocycles. The van der Waals surface area contributed by atoms with Crippen molar-refractivity contribution in [1.29, 1.82) is 0 Å². The first kappa shape index (κ1) is 12.8. The van der Waals surface area contributed by atoms with Crippen LogP contribution in [0.3, 0.4) is 0 Å². The molecule has 5 N–H and O–H groups in total. The maximum Gasteiger partial charge on any atom is 0.404 e. The molecule has 1 rings (SSSR count). The number of nitrogen functional groups attached to an aromatic ring is 1. The van der Waals surface area contributed by atoms with Gasteiger partial charge < -0.3 is 21.5 Å². The van der Waals surface area contributed by atoms with E-state index in [1.54, 1.807) is 10.9 Å². The summed E-state index contributed by atoms with van der Waals surface area (Å²) >= 11 is 0. The van der Waals surface area contributed by atoms with Crippen molar-refractivity contribution in [2.75, 3.05) is 18.9 Å². The van der Waals surface area contributed by atoms with Gasteiger partial charge in [0, 0.05) is 12.7 Å². The summed E-state index contributed by atoms with van der Waals surface area (Å²) in [6, 6.07) is 0. The molecule has 0 atom stereocenters. The number of primary amides is 1. The van der Waals surface area contributed by atoms with Gasteiger partial charge in [0.1, 0.15) is 6.61 Å². The Balaban J connectivity index is 2.46. The first-order valence-corrected chi connectivity index (χ1v) is 5.08. The minimum atomic E-state index is -0.881. The van der Waals surface area contributed by atoms with Crippen molar-refractivity contribution in [3.05, 3.63) is 11.9 Å². The van der Waals surface area contributed by atoms with E-state index in [2.05, 4.69) is 15.2 Å². The maximum absolute atomic E-state index is 11.6. The third kappa shape index (κ3) is 3.67. The summed E-state index contributed by atoms with van der Waals surface area (Å²) in [5, 5.41) is 6.49. The Labute approximate surface area is 97.9 Å². The van der Waals surface area contributed by atoms with E-state index in [0.29, 0.717) is 12.2 Å². The van der Waals surface area contributed by atoms with Crippen molar-refractivity contribution < 1.29 is 14.3 Å². The highest BCUT2D eigenvalue weighted by Crippen LogP contribution is 2.08. The smallest absolute Gasteiger partial charge is 0.404 e. The molecule has 0 saturated carbocycles. The number of carbonyl (C=O) groups is 2. The Bertz CT molecular complexity index is 415. The first-order valence-electron chi connectivity index (χ1n) is 5.08. The van der Waals surface area contributed by atoms with Crippen LogP contribution >= 0.6 is 0 Å². The van der Waals surface area contributed by atoms with Crippen LogP contribution in [0.1, 0.15) is 17.4 Å².